The second-order valence-electron chi connectivity index (χ2n) is 7.12. The summed E-state index contributed by atoms with van der Waals surface area (Å²) in [6.07, 6.45) is 4.95. The van der Waals surface area contributed by atoms with Crippen LogP contribution in [0.5, 0.6) is 5.75 Å². The van der Waals surface area contributed by atoms with E-state index >= 15 is 0 Å². The monoisotopic (exact) mass is 380 g/mol. The zero-order valence-electron chi connectivity index (χ0n) is 16.4. The van der Waals surface area contributed by atoms with Crippen molar-refractivity contribution in [3.8, 4) is 5.75 Å². The predicted octanol–water partition coefficient (Wildman–Crippen LogP) is 4.09. The number of ether oxygens (including phenoxy) is 1. The van der Waals surface area contributed by atoms with Gasteiger partial charge in [-0.05, 0) is 50.8 Å². The lowest BCUT2D eigenvalue weighted by atomic mass is 10.1. The van der Waals surface area contributed by atoms with Crippen LogP contribution in [0, 0.1) is 13.8 Å². The molecule has 1 saturated heterocycles. The minimum Gasteiger partial charge on any atom is -0.495 e. The van der Waals surface area contributed by atoms with E-state index in [9.17, 15) is 4.79 Å². The zero-order chi connectivity index (χ0) is 19.7. The summed E-state index contributed by atoms with van der Waals surface area (Å²) in [6, 6.07) is 5.67. The maximum Gasteiger partial charge on any atom is 0.260 e. The van der Waals surface area contributed by atoms with Gasteiger partial charge in [0.2, 0.25) is 5.71 Å². The van der Waals surface area contributed by atoms with Crippen molar-refractivity contribution in [3.63, 3.8) is 0 Å². The standard InChI is InChI=1S/C21H24N4O3/c1-13-7-8-16(27-3)15(11-13)24-20(26)17-14(2)28-21-18(17)19(22-12-23-21)25-9-5-4-6-10-25/h7-8,11-12H,4-6,9-10H2,1-3H3,(H,24,26). The van der Waals surface area contributed by atoms with Gasteiger partial charge in [0, 0.05) is 13.1 Å². The number of anilines is 2. The summed E-state index contributed by atoms with van der Waals surface area (Å²) in [6.45, 7) is 5.59. The number of furan rings is 1. The molecule has 0 spiro atoms. The second kappa shape index (κ2) is 7.50. The summed E-state index contributed by atoms with van der Waals surface area (Å²) in [5, 5.41) is 3.64. The van der Waals surface area contributed by atoms with Crippen LogP contribution < -0.4 is 15.0 Å². The third kappa shape index (κ3) is 3.28. The van der Waals surface area contributed by atoms with Crippen LogP contribution in [0.1, 0.15) is 40.9 Å². The highest BCUT2D eigenvalue weighted by Gasteiger charge is 2.26. The highest BCUT2D eigenvalue weighted by atomic mass is 16.5. The molecule has 0 bridgehead atoms. The van der Waals surface area contributed by atoms with E-state index < -0.39 is 0 Å². The third-order valence-corrected chi connectivity index (χ3v) is 5.13. The quantitative estimate of drug-likeness (QED) is 0.734. The molecule has 1 aliphatic heterocycles. The first kappa shape index (κ1) is 18.3. The number of fused-ring (bicyclic) bond motifs is 1. The fourth-order valence-corrected chi connectivity index (χ4v) is 3.75. The second-order valence-corrected chi connectivity index (χ2v) is 7.12. The fraction of sp³-hybridized carbons (Fsp3) is 0.381. The Kier molecular flexibility index (Phi) is 4.90. The van der Waals surface area contributed by atoms with Crippen molar-refractivity contribution in [2.24, 2.45) is 0 Å². The lowest BCUT2D eigenvalue weighted by molar-refractivity contribution is 0.102. The Labute approximate surface area is 163 Å². The lowest BCUT2D eigenvalue weighted by Crippen LogP contribution is -2.30. The summed E-state index contributed by atoms with van der Waals surface area (Å²) in [7, 11) is 1.58. The van der Waals surface area contributed by atoms with Gasteiger partial charge >= 0.3 is 0 Å². The summed E-state index contributed by atoms with van der Waals surface area (Å²) in [5.74, 6) is 1.64. The number of aryl methyl sites for hydroxylation is 2. The molecule has 3 heterocycles. The SMILES string of the molecule is COc1ccc(C)cc1NC(=O)c1c(C)oc2ncnc(N3CCCCC3)c12. The van der Waals surface area contributed by atoms with Gasteiger partial charge in [0.05, 0.1) is 23.7 Å². The van der Waals surface area contributed by atoms with Gasteiger partial charge in [0.25, 0.3) is 5.91 Å². The van der Waals surface area contributed by atoms with Crippen molar-refractivity contribution in [2.75, 3.05) is 30.4 Å². The number of hydrogen-bond donors (Lipinski definition) is 1. The number of piperidine rings is 1. The van der Waals surface area contributed by atoms with Crippen LogP contribution in [0.25, 0.3) is 11.1 Å². The molecular weight excluding hydrogens is 356 g/mol. The number of nitrogens with zero attached hydrogens (tertiary/aromatic N) is 3. The summed E-state index contributed by atoms with van der Waals surface area (Å²) < 4.78 is 11.2. The van der Waals surface area contributed by atoms with Crippen molar-refractivity contribution < 1.29 is 13.9 Å². The van der Waals surface area contributed by atoms with Crippen molar-refractivity contribution >= 4 is 28.5 Å². The zero-order valence-corrected chi connectivity index (χ0v) is 16.4. The molecule has 1 aliphatic rings. The highest BCUT2D eigenvalue weighted by Crippen LogP contribution is 2.34. The molecule has 1 fully saturated rings. The molecule has 1 aromatic carbocycles. The molecule has 4 rings (SSSR count). The minimum absolute atomic E-state index is 0.256. The van der Waals surface area contributed by atoms with Crippen molar-refractivity contribution in [3.05, 3.63) is 41.4 Å². The molecule has 2 aromatic heterocycles. The number of carbonyl (C=O) groups excluding carboxylic acids is 1. The molecule has 0 atom stereocenters. The summed E-state index contributed by atoms with van der Waals surface area (Å²) >= 11 is 0. The first-order valence-electron chi connectivity index (χ1n) is 9.53. The molecule has 146 valence electrons. The molecule has 28 heavy (non-hydrogen) atoms. The van der Waals surface area contributed by atoms with Crippen molar-refractivity contribution in [1.29, 1.82) is 0 Å². The van der Waals surface area contributed by atoms with E-state index in [1.165, 1.54) is 12.7 Å². The Hall–Kier alpha value is -3.09. The molecule has 1 amide bonds. The first-order chi connectivity index (χ1) is 13.6. The number of rotatable bonds is 4. The molecule has 0 radical (unpaired) electrons. The number of aromatic nitrogens is 2. The van der Waals surface area contributed by atoms with Crippen LogP contribution in [0.4, 0.5) is 11.5 Å². The van der Waals surface area contributed by atoms with Crippen LogP contribution in [-0.4, -0.2) is 36.1 Å². The van der Waals surface area contributed by atoms with E-state index in [0.29, 0.717) is 33.9 Å². The van der Waals surface area contributed by atoms with Gasteiger partial charge < -0.3 is 19.4 Å². The maximum atomic E-state index is 13.2. The largest absolute Gasteiger partial charge is 0.495 e. The van der Waals surface area contributed by atoms with E-state index in [1.807, 2.05) is 25.1 Å². The maximum absolute atomic E-state index is 13.2. The lowest BCUT2D eigenvalue weighted by Gasteiger charge is -2.28. The number of methoxy groups -OCH3 is 1. The molecule has 0 aliphatic carbocycles. The molecule has 0 unspecified atom stereocenters. The Morgan fingerprint density at radius 2 is 1.96 bits per heavy atom. The van der Waals surface area contributed by atoms with Gasteiger partial charge in [0.1, 0.15) is 23.7 Å². The van der Waals surface area contributed by atoms with E-state index in [1.54, 1.807) is 14.0 Å². The average Bonchev–Trinajstić information content (AvgIpc) is 3.04. The molecule has 7 heteroatoms. The van der Waals surface area contributed by atoms with Crippen LogP contribution >= 0.6 is 0 Å². The van der Waals surface area contributed by atoms with Gasteiger partial charge in [-0.2, -0.15) is 0 Å². The van der Waals surface area contributed by atoms with Gasteiger partial charge in [0.15, 0.2) is 0 Å². The first-order valence-corrected chi connectivity index (χ1v) is 9.53. The van der Waals surface area contributed by atoms with Crippen molar-refractivity contribution in [2.45, 2.75) is 33.1 Å². The van der Waals surface area contributed by atoms with Gasteiger partial charge in [-0.25, -0.2) is 9.97 Å². The molecular formula is C21H24N4O3. The van der Waals surface area contributed by atoms with E-state index in [2.05, 4.69) is 20.2 Å². The van der Waals surface area contributed by atoms with Crippen molar-refractivity contribution in [1.82, 2.24) is 9.97 Å². The summed E-state index contributed by atoms with van der Waals surface area (Å²) in [4.78, 5) is 24.2. The molecule has 0 saturated carbocycles. The third-order valence-electron chi connectivity index (χ3n) is 5.13. The Balaban J connectivity index is 1.77. The fourth-order valence-electron chi connectivity index (χ4n) is 3.75. The smallest absolute Gasteiger partial charge is 0.260 e. The van der Waals surface area contributed by atoms with Crippen LogP contribution in [0.15, 0.2) is 28.9 Å². The van der Waals surface area contributed by atoms with Gasteiger partial charge in [-0.3, -0.25) is 4.79 Å². The average molecular weight is 380 g/mol. The highest BCUT2D eigenvalue weighted by molar-refractivity contribution is 6.15. The van der Waals surface area contributed by atoms with Gasteiger partial charge in [-0.15, -0.1) is 0 Å². The Bertz CT molecular complexity index is 1020. The molecule has 7 nitrogen and oxygen atoms in total. The van der Waals surface area contributed by atoms with E-state index in [4.69, 9.17) is 9.15 Å². The van der Waals surface area contributed by atoms with Crippen LogP contribution in [0.3, 0.4) is 0 Å². The number of nitrogens with one attached hydrogen (secondary N) is 1. The molecule has 1 N–H and O–H groups in total. The predicted molar refractivity (Wildman–Crippen MR) is 108 cm³/mol. The van der Waals surface area contributed by atoms with E-state index in [0.717, 1.165) is 37.3 Å². The number of amides is 1. The van der Waals surface area contributed by atoms with Gasteiger partial charge in [-0.1, -0.05) is 6.07 Å². The summed E-state index contributed by atoms with van der Waals surface area (Å²) in [5.41, 5.74) is 2.56. The topological polar surface area (TPSA) is 80.5 Å². The number of hydrogen-bond acceptors (Lipinski definition) is 6. The molecule has 3 aromatic rings. The normalized spacial score (nSPS) is 14.3. The van der Waals surface area contributed by atoms with E-state index in [-0.39, 0.29) is 5.91 Å². The number of benzene rings is 1. The van der Waals surface area contributed by atoms with Crippen LogP contribution in [0.2, 0.25) is 0 Å². The Morgan fingerprint density at radius 1 is 1.18 bits per heavy atom. The van der Waals surface area contributed by atoms with Crippen LogP contribution in [-0.2, 0) is 0 Å². The minimum atomic E-state index is -0.256. The Morgan fingerprint density at radius 3 is 2.71 bits per heavy atom. The number of carbonyl (C=O) groups is 1.